The fraction of sp³-hybridized carbons (Fsp3) is 0.400. The first kappa shape index (κ1) is 6.86. The molecule has 1 heteroatoms. The average Bonchev–Trinajstić information content (AvgIpc) is 1.85. The van der Waals surface area contributed by atoms with E-state index in [4.69, 9.17) is 0 Å². The highest BCUT2D eigenvalue weighted by molar-refractivity contribution is 5.44. The summed E-state index contributed by atoms with van der Waals surface area (Å²) in [5, 5.41) is 9.66. The van der Waals surface area contributed by atoms with Crippen molar-refractivity contribution in [2.45, 2.75) is 25.9 Å². The van der Waals surface area contributed by atoms with Gasteiger partial charge in [-0.25, -0.2) is 0 Å². The van der Waals surface area contributed by atoms with Gasteiger partial charge in [0.05, 0.1) is 5.60 Å². The quantitative estimate of drug-likeness (QED) is 0.594. The number of fused-ring (bicyclic) bond motifs is 1. The van der Waals surface area contributed by atoms with Crippen LogP contribution in [0.5, 0.6) is 0 Å². The van der Waals surface area contributed by atoms with Crippen molar-refractivity contribution in [3.8, 4) is 0 Å². The minimum absolute atomic E-state index is 0.553. The van der Waals surface area contributed by atoms with Crippen molar-refractivity contribution in [1.29, 1.82) is 0 Å². The minimum Gasteiger partial charge on any atom is -0.385 e. The molecule has 0 saturated carbocycles. The predicted octanol–water partition coefficient (Wildman–Crippen LogP) is 1.76. The first-order valence-electron chi connectivity index (χ1n) is 3.92. The van der Waals surface area contributed by atoms with Gasteiger partial charge in [-0.2, -0.15) is 0 Å². The Morgan fingerprint density at radius 3 is 2.73 bits per heavy atom. The van der Waals surface area contributed by atoms with E-state index >= 15 is 0 Å². The van der Waals surface area contributed by atoms with E-state index in [1.165, 1.54) is 11.1 Å². The van der Waals surface area contributed by atoms with Gasteiger partial charge in [-0.05, 0) is 25.0 Å². The Hall–Kier alpha value is -0.820. The van der Waals surface area contributed by atoms with E-state index in [9.17, 15) is 5.11 Å². The molecule has 0 radical (unpaired) electrons. The van der Waals surface area contributed by atoms with Crippen molar-refractivity contribution in [2.24, 2.45) is 0 Å². The van der Waals surface area contributed by atoms with Crippen molar-refractivity contribution in [3.05, 3.63) is 34.9 Å². The molecule has 0 bridgehead atoms. The molecule has 1 unspecified atom stereocenters. The molecule has 0 amide bonds. The lowest BCUT2D eigenvalue weighted by molar-refractivity contribution is 0.0329. The van der Waals surface area contributed by atoms with Gasteiger partial charge >= 0.3 is 0 Å². The Labute approximate surface area is 66.7 Å². The molecule has 0 aliphatic heterocycles. The van der Waals surface area contributed by atoms with E-state index in [0.29, 0.717) is 0 Å². The van der Waals surface area contributed by atoms with E-state index in [-0.39, 0.29) is 0 Å². The molecular weight excluding hydrogens is 136 g/mol. The van der Waals surface area contributed by atoms with Crippen molar-refractivity contribution in [3.63, 3.8) is 0 Å². The maximum atomic E-state index is 9.66. The Morgan fingerprint density at radius 2 is 2.18 bits per heavy atom. The first-order chi connectivity index (χ1) is 5.09. The second-order valence-electron chi connectivity index (χ2n) is 3.61. The van der Waals surface area contributed by atoms with Crippen molar-refractivity contribution in [1.82, 2.24) is 0 Å². The summed E-state index contributed by atoms with van der Waals surface area (Å²) in [6.45, 7) is 3.94. The lowest BCUT2D eigenvalue weighted by Gasteiger charge is -2.36. The number of rotatable bonds is 0. The highest BCUT2D eigenvalue weighted by Gasteiger charge is 2.35. The van der Waals surface area contributed by atoms with E-state index in [1.807, 2.05) is 19.1 Å². The average molecular weight is 148 g/mol. The van der Waals surface area contributed by atoms with Crippen LogP contribution in [0.3, 0.4) is 0 Å². The van der Waals surface area contributed by atoms with Crippen molar-refractivity contribution >= 4 is 0 Å². The maximum absolute atomic E-state index is 9.66. The highest BCUT2D eigenvalue weighted by atomic mass is 16.3. The lowest BCUT2D eigenvalue weighted by Crippen LogP contribution is -2.35. The molecular formula is C10H12O. The van der Waals surface area contributed by atoms with Gasteiger partial charge in [-0.3, -0.25) is 0 Å². The van der Waals surface area contributed by atoms with Gasteiger partial charge in [-0.1, -0.05) is 23.8 Å². The number of aliphatic hydroxyl groups is 1. The van der Waals surface area contributed by atoms with Crippen molar-refractivity contribution in [2.75, 3.05) is 0 Å². The van der Waals surface area contributed by atoms with Crippen LogP contribution in [0.2, 0.25) is 0 Å². The summed E-state index contributed by atoms with van der Waals surface area (Å²) in [5.74, 6) is 0. The summed E-state index contributed by atoms with van der Waals surface area (Å²) >= 11 is 0. The largest absolute Gasteiger partial charge is 0.385 e. The molecule has 11 heavy (non-hydrogen) atoms. The van der Waals surface area contributed by atoms with Crippen LogP contribution in [-0.4, -0.2) is 5.11 Å². The second-order valence-corrected chi connectivity index (χ2v) is 3.61. The molecule has 2 rings (SSSR count). The normalized spacial score (nSPS) is 27.5. The topological polar surface area (TPSA) is 20.2 Å². The van der Waals surface area contributed by atoms with E-state index in [2.05, 4.69) is 13.0 Å². The summed E-state index contributed by atoms with van der Waals surface area (Å²) in [6.07, 6.45) is 0.810. The van der Waals surface area contributed by atoms with Crippen molar-refractivity contribution < 1.29 is 5.11 Å². The number of hydrogen-bond acceptors (Lipinski definition) is 1. The second kappa shape index (κ2) is 1.86. The molecule has 0 saturated heterocycles. The maximum Gasteiger partial charge on any atom is 0.0911 e. The fourth-order valence-corrected chi connectivity index (χ4v) is 1.75. The van der Waals surface area contributed by atoms with Gasteiger partial charge in [0.25, 0.3) is 0 Å². The Bertz CT molecular complexity index is 300. The first-order valence-corrected chi connectivity index (χ1v) is 3.92. The zero-order valence-corrected chi connectivity index (χ0v) is 6.89. The smallest absolute Gasteiger partial charge is 0.0911 e. The van der Waals surface area contributed by atoms with E-state index < -0.39 is 5.60 Å². The van der Waals surface area contributed by atoms with Gasteiger partial charge in [0.1, 0.15) is 0 Å². The lowest BCUT2D eigenvalue weighted by atomic mass is 9.74. The molecule has 0 heterocycles. The molecule has 0 aromatic heterocycles. The Balaban J connectivity index is 2.51. The summed E-state index contributed by atoms with van der Waals surface area (Å²) < 4.78 is 0. The molecule has 1 aromatic rings. The standard InChI is InChI=1S/C10H12O/c1-7-3-4-9-8(5-7)6-10(9,2)11/h3-5,11H,6H2,1-2H3. The fourth-order valence-electron chi connectivity index (χ4n) is 1.75. The molecule has 1 nitrogen and oxygen atoms in total. The van der Waals surface area contributed by atoms with Crippen LogP contribution in [0.1, 0.15) is 23.6 Å². The van der Waals surface area contributed by atoms with E-state index in [0.717, 1.165) is 12.0 Å². The van der Waals surface area contributed by atoms with Crippen LogP contribution in [0.15, 0.2) is 18.2 Å². The van der Waals surface area contributed by atoms with E-state index in [1.54, 1.807) is 0 Å². The van der Waals surface area contributed by atoms with Crippen LogP contribution in [0.4, 0.5) is 0 Å². The van der Waals surface area contributed by atoms with Gasteiger partial charge in [-0.15, -0.1) is 0 Å². The Morgan fingerprint density at radius 1 is 1.45 bits per heavy atom. The summed E-state index contributed by atoms with van der Waals surface area (Å²) in [4.78, 5) is 0. The minimum atomic E-state index is -0.553. The molecule has 0 spiro atoms. The van der Waals surface area contributed by atoms with Gasteiger partial charge < -0.3 is 5.11 Å². The number of hydrogen-bond donors (Lipinski definition) is 1. The summed E-state index contributed by atoms with van der Waals surface area (Å²) in [5.41, 5.74) is 3.13. The third-order valence-electron chi connectivity index (χ3n) is 2.38. The highest BCUT2D eigenvalue weighted by Crippen LogP contribution is 2.38. The SMILES string of the molecule is Cc1ccc2c(c1)CC2(C)O. The third kappa shape index (κ3) is 0.881. The molecule has 0 fully saturated rings. The summed E-state index contributed by atoms with van der Waals surface area (Å²) in [6, 6.07) is 6.22. The molecule has 1 atom stereocenters. The van der Waals surface area contributed by atoms with Crippen LogP contribution < -0.4 is 0 Å². The predicted molar refractivity (Wildman–Crippen MR) is 44.5 cm³/mol. The van der Waals surface area contributed by atoms with Gasteiger partial charge in [0.2, 0.25) is 0 Å². The van der Waals surface area contributed by atoms with Gasteiger partial charge in [0.15, 0.2) is 0 Å². The third-order valence-corrected chi connectivity index (χ3v) is 2.38. The summed E-state index contributed by atoms with van der Waals surface area (Å²) in [7, 11) is 0. The zero-order valence-electron chi connectivity index (χ0n) is 6.89. The molecule has 1 aliphatic rings. The van der Waals surface area contributed by atoms with Crippen LogP contribution in [0.25, 0.3) is 0 Å². The Kier molecular flexibility index (Phi) is 1.16. The van der Waals surface area contributed by atoms with Crippen LogP contribution >= 0.6 is 0 Å². The monoisotopic (exact) mass is 148 g/mol. The van der Waals surface area contributed by atoms with Crippen LogP contribution in [0, 0.1) is 6.92 Å². The van der Waals surface area contributed by atoms with Gasteiger partial charge in [0, 0.05) is 6.42 Å². The molecule has 1 aromatic carbocycles. The van der Waals surface area contributed by atoms with Crippen LogP contribution in [-0.2, 0) is 12.0 Å². The number of aryl methyl sites for hydroxylation is 1. The zero-order chi connectivity index (χ0) is 8.06. The molecule has 58 valence electrons. The number of benzene rings is 1. The molecule has 1 aliphatic carbocycles. The molecule has 1 N–H and O–H groups in total.